The normalized spacial score (nSPS) is 23.6. The molecular weight excluding hydrogens is 450 g/mol. The molecule has 4 rings (SSSR count). The molecule has 0 unspecified atom stereocenters. The molecule has 2 N–H and O–H groups in total. The fraction of sp³-hybridized carbons (Fsp3) is 0.520. The summed E-state index contributed by atoms with van der Waals surface area (Å²) in [4.78, 5) is 54.7. The van der Waals surface area contributed by atoms with Crippen molar-refractivity contribution in [2.75, 3.05) is 19.6 Å². The zero-order valence-electron chi connectivity index (χ0n) is 19.6. The molecule has 186 valence electrons. The second-order valence-corrected chi connectivity index (χ2v) is 9.19. The van der Waals surface area contributed by atoms with Gasteiger partial charge in [0, 0.05) is 12.6 Å². The molecule has 1 aromatic carbocycles. The van der Waals surface area contributed by atoms with Crippen LogP contribution in [0, 0.1) is 12.3 Å². The molecule has 4 amide bonds. The Kier molecular flexibility index (Phi) is 7.56. The van der Waals surface area contributed by atoms with Gasteiger partial charge in [0.2, 0.25) is 11.8 Å². The van der Waals surface area contributed by atoms with Crippen LogP contribution in [0.25, 0.3) is 0 Å². The van der Waals surface area contributed by atoms with Crippen molar-refractivity contribution in [1.82, 2.24) is 25.1 Å². The maximum atomic E-state index is 13.5. The summed E-state index contributed by atoms with van der Waals surface area (Å²) in [5.74, 6) is 0.545. The molecule has 10 nitrogen and oxygen atoms in total. The van der Waals surface area contributed by atoms with Gasteiger partial charge in [-0.15, -0.1) is 6.42 Å². The number of hydrogen-bond acceptors (Lipinski definition) is 5. The zero-order valence-corrected chi connectivity index (χ0v) is 19.6. The number of piperazine rings is 1. The largest absolute Gasteiger partial charge is 0.481 e. The first-order valence-electron chi connectivity index (χ1n) is 12.0. The molecule has 3 fully saturated rings. The SMILES string of the molecule is C#CCN1CC(=O)N2[C@@H](CC(=O)O)C(=O)N(C3CCCCC3)C[C@@H]2N1C(=O)NCc1ccccc1. The van der Waals surface area contributed by atoms with Crippen LogP contribution in [0.15, 0.2) is 30.3 Å². The van der Waals surface area contributed by atoms with Crippen LogP contribution in [0.4, 0.5) is 4.79 Å². The van der Waals surface area contributed by atoms with Crippen LogP contribution in [-0.4, -0.2) is 86.6 Å². The van der Waals surface area contributed by atoms with E-state index in [9.17, 15) is 24.3 Å². The van der Waals surface area contributed by atoms with Gasteiger partial charge in [-0.05, 0) is 18.4 Å². The molecule has 2 saturated heterocycles. The topological polar surface area (TPSA) is 114 Å². The van der Waals surface area contributed by atoms with Gasteiger partial charge in [0.25, 0.3) is 0 Å². The molecular formula is C25H31N5O5. The van der Waals surface area contributed by atoms with E-state index >= 15 is 0 Å². The van der Waals surface area contributed by atoms with E-state index < -0.39 is 36.5 Å². The highest BCUT2D eigenvalue weighted by Gasteiger charge is 2.52. The number of aliphatic carboxylic acids is 1. The van der Waals surface area contributed by atoms with Gasteiger partial charge >= 0.3 is 12.0 Å². The highest BCUT2D eigenvalue weighted by Crippen LogP contribution is 2.32. The number of fused-ring (bicyclic) bond motifs is 1. The predicted molar refractivity (Wildman–Crippen MR) is 126 cm³/mol. The third-order valence-corrected chi connectivity index (χ3v) is 6.93. The van der Waals surface area contributed by atoms with Gasteiger partial charge < -0.3 is 20.2 Å². The highest BCUT2D eigenvalue weighted by molar-refractivity contribution is 5.93. The van der Waals surface area contributed by atoms with Gasteiger partial charge in [0.05, 0.1) is 26.1 Å². The highest BCUT2D eigenvalue weighted by atomic mass is 16.4. The van der Waals surface area contributed by atoms with E-state index in [0.717, 1.165) is 37.7 Å². The molecule has 0 aromatic heterocycles. The standard InChI is InChI=1S/C25H31N5O5/c1-2-13-27-17-22(31)29-20(14-23(32)33)24(34)28(19-11-7-4-8-12-19)16-21(29)30(27)25(35)26-15-18-9-5-3-6-10-18/h1,3,5-6,9-10,19-21H,4,7-8,11-17H2,(H,26,35)(H,32,33)/t20-,21-/m0/s1. The minimum Gasteiger partial charge on any atom is -0.481 e. The van der Waals surface area contributed by atoms with Crippen molar-refractivity contribution in [3.05, 3.63) is 35.9 Å². The summed E-state index contributed by atoms with van der Waals surface area (Å²) in [7, 11) is 0. The Bertz CT molecular complexity index is 1000. The number of terminal acetylenes is 1. The second-order valence-electron chi connectivity index (χ2n) is 9.19. The molecule has 1 saturated carbocycles. The van der Waals surface area contributed by atoms with Crippen LogP contribution in [0.1, 0.15) is 44.1 Å². The Morgan fingerprint density at radius 3 is 2.49 bits per heavy atom. The Balaban J connectivity index is 1.65. The summed E-state index contributed by atoms with van der Waals surface area (Å²) in [5.41, 5.74) is 0.903. The van der Waals surface area contributed by atoms with E-state index in [4.69, 9.17) is 6.42 Å². The Morgan fingerprint density at radius 1 is 1.11 bits per heavy atom. The molecule has 2 atom stereocenters. The lowest BCUT2D eigenvalue weighted by molar-refractivity contribution is -0.192. The first-order valence-corrected chi connectivity index (χ1v) is 12.0. The molecule has 35 heavy (non-hydrogen) atoms. The van der Waals surface area contributed by atoms with Crippen LogP contribution in [0.3, 0.4) is 0 Å². The summed E-state index contributed by atoms with van der Waals surface area (Å²) in [6, 6.07) is 7.74. The van der Waals surface area contributed by atoms with E-state index in [-0.39, 0.29) is 38.1 Å². The third-order valence-electron chi connectivity index (χ3n) is 6.93. The first-order chi connectivity index (χ1) is 16.9. The van der Waals surface area contributed by atoms with Gasteiger partial charge in [-0.3, -0.25) is 14.4 Å². The van der Waals surface area contributed by atoms with Crippen molar-refractivity contribution in [3.8, 4) is 12.3 Å². The van der Waals surface area contributed by atoms with Crippen LogP contribution in [0.5, 0.6) is 0 Å². The summed E-state index contributed by atoms with van der Waals surface area (Å²) < 4.78 is 0. The number of benzene rings is 1. The minimum atomic E-state index is -1.17. The molecule has 10 heteroatoms. The van der Waals surface area contributed by atoms with Crippen molar-refractivity contribution in [3.63, 3.8) is 0 Å². The number of urea groups is 1. The number of nitrogens with one attached hydrogen (secondary N) is 1. The molecule has 0 radical (unpaired) electrons. The monoisotopic (exact) mass is 481 g/mol. The summed E-state index contributed by atoms with van der Waals surface area (Å²) in [6.45, 7) is 0.192. The maximum absolute atomic E-state index is 13.5. The number of carbonyl (C=O) groups is 4. The van der Waals surface area contributed by atoms with E-state index in [1.807, 2.05) is 30.3 Å². The molecule has 0 bridgehead atoms. The van der Waals surface area contributed by atoms with Crippen LogP contribution < -0.4 is 5.32 Å². The fourth-order valence-electron chi connectivity index (χ4n) is 5.34. The van der Waals surface area contributed by atoms with Crippen molar-refractivity contribution in [1.29, 1.82) is 0 Å². The van der Waals surface area contributed by atoms with Crippen molar-refractivity contribution >= 4 is 23.8 Å². The summed E-state index contributed by atoms with van der Waals surface area (Å²) in [6.07, 6.45) is 8.88. The fourth-order valence-corrected chi connectivity index (χ4v) is 5.34. The summed E-state index contributed by atoms with van der Waals surface area (Å²) in [5, 5.41) is 15.3. The predicted octanol–water partition coefficient (Wildman–Crippen LogP) is 1.23. The third kappa shape index (κ3) is 5.25. The molecule has 2 aliphatic heterocycles. The van der Waals surface area contributed by atoms with Crippen molar-refractivity contribution in [2.24, 2.45) is 0 Å². The average Bonchev–Trinajstić information content (AvgIpc) is 2.85. The number of carboxylic acid groups (broad SMARTS) is 1. The smallest absolute Gasteiger partial charge is 0.334 e. The van der Waals surface area contributed by atoms with Crippen molar-refractivity contribution in [2.45, 2.75) is 63.3 Å². The molecule has 3 aliphatic rings. The van der Waals surface area contributed by atoms with Gasteiger partial charge in [-0.25, -0.2) is 9.80 Å². The van der Waals surface area contributed by atoms with Gasteiger partial charge in [0.15, 0.2) is 0 Å². The van der Waals surface area contributed by atoms with E-state index in [2.05, 4.69) is 11.2 Å². The lowest BCUT2D eigenvalue weighted by Gasteiger charge is -2.56. The molecule has 1 aromatic rings. The number of hydrazine groups is 1. The second kappa shape index (κ2) is 10.8. The van der Waals surface area contributed by atoms with Crippen LogP contribution in [0.2, 0.25) is 0 Å². The number of nitrogens with zero attached hydrogens (tertiary/aromatic N) is 4. The Labute approximate surface area is 204 Å². The maximum Gasteiger partial charge on any atom is 0.334 e. The number of carbonyl (C=O) groups excluding carboxylic acids is 3. The number of carboxylic acids is 1. The van der Waals surface area contributed by atoms with E-state index in [0.29, 0.717) is 0 Å². The lowest BCUT2D eigenvalue weighted by atomic mass is 9.92. The first kappa shape index (κ1) is 24.5. The van der Waals surface area contributed by atoms with Gasteiger partial charge in [-0.2, -0.15) is 5.01 Å². The van der Waals surface area contributed by atoms with Gasteiger partial charge in [0.1, 0.15) is 12.2 Å². The van der Waals surface area contributed by atoms with Crippen LogP contribution >= 0.6 is 0 Å². The lowest BCUT2D eigenvalue weighted by Crippen LogP contribution is -2.77. The summed E-state index contributed by atoms with van der Waals surface area (Å²) >= 11 is 0. The number of rotatable bonds is 6. The number of hydrogen-bond donors (Lipinski definition) is 2. The van der Waals surface area contributed by atoms with Gasteiger partial charge in [-0.1, -0.05) is 55.5 Å². The minimum absolute atomic E-state index is 0.0236. The Hall–Kier alpha value is -3.58. The average molecular weight is 482 g/mol. The van der Waals surface area contributed by atoms with E-state index in [1.54, 1.807) is 4.90 Å². The van der Waals surface area contributed by atoms with Crippen molar-refractivity contribution < 1.29 is 24.3 Å². The zero-order chi connectivity index (χ0) is 24.9. The quantitative estimate of drug-likeness (QED) is 0.591. The molecule has 0 spiro atoms. The van der Waals surface area contributed by atoms with Crippen LogP contribution in [-0.2, 0) is 20.9 Å². The number of amides is 4. The molecule has 2 heterocycles. The van der Waals surface area contributed by atoms with E-state index in [1.165, 1.54) is 14.9 Å². The Morgan fingerprint density at radius 2 is 1.83 bits per heavy atom. The molecule has 1 aliphatic carbocycles.